The monoisotopic (exact) mass is 237 g/mol. The van der Waals surface area contributed by atoms with Crippen LogP contribution in [0.5, 0.6) is 0 Å². The second kappa shape index (κ2) is 5.54. The molecule has 0 amide bonds. The Morgan fingerprint density at radius 3 is 3.06 bits per heavy atom. The zero-order valence-corrected chi connectivity index (χ0v) is 11.1. The first-order valence-corrected chi connectivity index (χ1v) is 6.61. The number of nitrogens with one attached hydrogen (secondary N) is 1. The van der Waals surface area contributed by atoms with E-state index in [9.17, 15) is 0 Å². The average Bonchev–Trinajstić information content (AvgIpc) is 2.94. The van der Waals surface area contributed by atoms with Gasteiger partial charge < -0.3 is 14.6 Å². The van der Waals surface area contributed by atoms with Gasteiger partial charge in [0.2, 0.25) is 0 Å². The Morgan fingerprint density at radius 2 is 2.41 bits per heavy atom. The van der Waals surface area contributed by atoms with Gasteiger partial charge in [0.05, 0.1) is 5.69 Å². The first kappa shape index (κ1) is 12.4. The van der Waals surface area contributed by atoms with Gasteiger partial charge in [-0.1, -0.05) is 27.2 Å². The third-order valence-corrected chi connectivity index (χ3v) is 3.36. The van der Waals surface area contributed by atoms with Crippen molar-refractivity contribution >= 4 is 6.01 Å². The predicted octanol–water partition coefficient (Wildman–Crippen LogP) is 2.41. The van der Waals surface area contributed by atoms with Gasteiger partial charge >= 0.3 is 0 Å². The van der Waals surface area contributed by atoms with Crippen molar-refractivity contribution in [3.05, 3.63) is 12.0 Å². The summed E-state index contributed by atoms with van der Waals surface area (Å²) in [7, 11) is 0. The van der Waals surface area contributed by atoms with Crippen molar-refractivity contribution in [1.29, 1.82) is 0 Å². The fourth-order valence-electron chi connectivity index (χ4n) is 2.17. The topological polar surface area (TPSA) is 41.3 Å². The summed E-state index contributed by atoms with van der Waals surface area (Å²) >= 11 is 0. The number of nitrogens with zero attached hydrogens (tertiary/aromatic N) is 2. The minimum Gasteiger partial charge on any atom is -0.432 e. The summed E-state index contributed by atoms with van der Waals surface area (Å²) in [6.07, 6.45) is 4.28. The molecule has 1 aromatic heterocycles. The molecule has 0 aliphatic carbocycles. The molecule has 0 bridgehead atoms. The van der Waals surface area contributed by atoms with E-state index in [-0.39, 0.29) is 0 Å². The Bertz CT molecular complexity index is 348. The predicted molar refractivity (Wildman–Crippen MR) is 69.1 cm³/mol. The molecular weight excluding hydrogens is 214 g/mol. The number of oxazole rings is 1. The van der Waals surface area contributed by atoms with Crippen LogP contribution in [0.1, 0.15) is 39.3 Å². The molecular formula is C13H23N3O. The number of aromatic nitrogens is 1. The lowest BCUT2D eigenvalue weighted by Gasteiger charge is -2.12. The van der Waals surface area contributed by atoms with E-state index < -0.39 is 0 Å². The van der Waals surface area contributed by atoms with Crippen LogP contribution in [0, 0.1) is 5.92 Å². The molecule has 1 aromatic rings. The standard InChI is InChI=1S/C13H23N3O/c1-4-11-5-6-16(8-11)13-15-12(9-17-13)7-14-10(2)3/h9-11,14H,4-8H2,1-3H3. The van der Waals surface area contributed by atoms with Gasteiger partial charge in [-0.25, -0.2) is 0 Å². The maximum Gasteiger partial charge on any atom is 0.297 e. The minimum absolute atomic E-state index is 0.478. The van der Waals surface area contributed by atoms with Gasteiger partial charge in [-0.15, -0.1) is 0 Å². The lowest BCUT2D eigenvalue weighted by atomic mass is 10.1. The average molecular weight is 237 g/mol. The number of rotatable bonds is 5. The Hall–Kier alpha value is -1.03. The zero-order valence-electron chi connectivity index (χ0n) is 11.1. The quantitative estimate of drug-likeness (QED) is 0.854. The zero-order chi connectivity index (χ0) is 12.3. The first-order chi connectivity index (χ1) is 8.19. The molecule has 0 spiro atoms. The fraction of sp³-hybridized carbons (Fsp3) is 0.769. The maximum atomic E-state index is 5.55. The van der Waals surface area contributed by atoms with Crippen LogP contribution in [0.15, 0.2) is 10.7 Å². The summed E-state index contributed by atoms with van der Waals surface area (Å²) in [5.41, 5.74) is 0.994. The Kier molecular flexibility index (Phi) is 4.05. The van der Waals surface area contributed by atoms with Gasteiger partial charge in [-0.2, -0.15) is 4.98 Å². The van der Waals surface area contributed by atoms with E-state index in [1.165, 1.54) is 12.8 Å². The van der Waals surface area contributed by atoms with Crippen LogP contribution < -0.4 is 10.2 Å². The molecule has 4 nitrogen and oxygen atoms in total. The van der Waals surface area contributed by atoms with E-state index in [2.05, 4.69) is 36.0 Å². The highest BCUT2D eigenvalue weighted by Crippen LogP contribution is 2.24. The molecule has 96 valence electrons. The lowest BCUT2D eigenvalue weighted by Crippen LogP contribution is -2.22. The van der Waals surface area contributed by atoms with Crippen molar-refractivity contribution in [1.82, 2.24) is 10.3 Å². The van der Waals surface area contributed by atoms with Gasteiger partial charge in [0, 0.05) is 25.7 Å². The Morgan fingerprint density at radius 1 is 1.59 bits per heavy atom. The van der Waals surface area contributed by atoms with Crippen molar-refractivity contribution in [3.8, 4) is 0 Å². The molecule has 1 atom stereocenters. The molecule has 1 N–H and O–H groups in total. The van der Waals surface area contributed by atoms with Gasteiger partial charge in [-0.3, -0.25) is 0 Å². The number of hydrogen-bond acceptors (Lipinski definition) is 4. The van der Waals surface area contributed by atoms with Crippen LogP contribution in [0.25, 0.3) is 0 Å². The molecule has 0 saturated carbocycles. The molecule has 2 rings (SSSR count). The van der Waals surface area contributed by atoms with Crippen molar-refractivity contribution in [2.24, 2.45) is 5.92 Å². The second-order valence-corrected chi connectivity index (χ2v) is 5.17. The SMILES string of the molecule is CCC1CCN(c2nc(CNC(C)C)co2)C1. The summed E-state index contributed by atoms with van der Waals surface area (Å²) in [6, 6.07) is 1.27. The molecule has 1 fully saturated rings. The molecule has 0 aromatic carbocycles. The Labute approximate surface area is 103 Å². The summed E-state index contributed by atoms with van der Waals surface area (Å²) < 4.78 is 5.55. The van der Waals surface area contributed by atoms with Gasteiger partial charge in [-0.05, 0) is 12.3 Å². The van der Waals surface area contributed by atoms with Crippen LogP contribution >= 0.6 is 0 Å². The molecule has 1 unspecified atom stereocenters. The van der Waals surface area contributed by atoms with E-state index >= 15 is 0 Å². The minimum atomic E-state index is 0.478. The molecule has 2 heterocycles. The van der Waals surface area contributed by atoms with Crippen LogP contribution in [0.2, 0.25) is 0 Å². The van der Waals surface area contributed by atoms with Crippen LogP contribution in [-0.2, 0) is 6.54 Å². The largest absolute Gasteiger partial charge is 0.432 e. The van der Waals surface area contributed by atoms with Crippen molar-refractivity contribution in [2.75, 3.05) is 18.0 Å². The maximum absolute atomic E-state index is 5.55. The third kappa shape index (κ3) is 3.22. The van der Waals surface area contributed by atoms with E-state index in [0.717, 1.165) is 37.3 Å². The van der Waals surface area contributed by atoms with E-state index in [1.807, 2.05) is 0 Å². The third-order valence-electron chi connectivity index (χ3n) is 3.36. The highest BCUT2D eigenvalue weighted by molar-refractivity contribution is 5.28. The number of hydrogen-bond donors (Lipinski definition) is 1. The fourth-order valence-corrected chi connectivity index (χ4v) is 2.17. The van der Waals surface area contributed by atoms with Crippen LogP contribution in [0.3, 0.4) is 0 Å². The molecule has 17 heavy (non-hydrogen) atoms. The van der Waals surface area contributed by atoms with Crippen molar-refractivity contribution in [2.45, 2.75) is 46.2 Å². The van der Waals surface area contributed by atoms with E-state index in [0.29, 0.717) is 6.04 Å². The van der Waals surface area contributed by atoms with Crippen molar-refractivity contribution in [3.63, 3.8) is 0 Å². The molecule has 0 radical (unpaired) electrons. The summed E-state index contributed by atoms with van der Waals surface area (Å²) in [4.78, 5) is 6.79. The van der Waals surface area contributed by atoms with E-state index in [4.69, 9.17) is 4.42 Å². The summed E-state index contributed by atoms with van der Waals surface area (Å²) in [5.74, 6) is 0.805. The van der Waals surface area contributed by atoms with Gasteiger partial charge in [0.25, 0.3) is 6.01 Å². The van der Waals surface area contributed by atoms with Crippen molar-refractivity contribution < 1.29 is 4.42 Å². The van der Waals surface area contributed by atoms with Crippen LogP contribution in [0.4, 0.5) is 6.01 Å². The second-order valence-electron chi connectivity index (χ2n) is 5.17. The summed E-state index contributed by atoms with van der Waals surface area (Å²) in [6.45, 7) is 9.47. The van der Waals surface area contributed by atoms with Crippen LogP contribution in [-0.4, -0.2) is 24.1 Å². The van der Waals surface area contributed by atoms with E-state index in [1.54, 1.807) is 6.26 Å². The van der Waals surface area contributed by atoms with Gasteiger partial charge in [0.15, 0.2) is 0 Å². The molecule has 1 aliphatic rings. The number of anilines is 1. The molecule has 4 heteroatoms. The smallest absolute Gasteiger partial charge is 0.297 e. The lowest BCUT2D eigenvalue weighted by molar-refractivity contribution is 0.530. The Balaban J connectivity index is 1.90. The summed E-state index contributed by atoms with van der Waals surface area (Å²) in [5, 5.41) is 3.34. The first-order valence-electron chi connectivity index (χ1n) is 6.61. The highest BCUT2D eigenvalue weighted by atomic mass is 16.4. The highest BCUT2D eigenvalue weighted by Gasteiger charge is 2.24. The van der Waals surface area contributed by atoms with Gasteiger partial charge in [0.1, 0.15) is 6.26 Å². The molecule has 1 aliphatic heterocycles. The molecule has 1 saturated heterocycles. The normalized spacial score (nSPS) is 20.5.